The van der Waals surface area contributed by atoms with Crippen LogP contribution >= 0.6 is 0 Å². The van der Waals surface area contributed by atoms with Crippen LogP contribution in [0.4, 0.5) is 0 Å². The molecule has 0 spiro atoms. The fraction of sp³-hybridized carbons (Fsp3) is 0.526. The van der Waals surface area contributed by atoms with E-state index in [1.165, 1.54) is 4.90 Å². The van der Waals surface area contributed by atoms with Crippen molar-refractivity contribution in [1.29, 1.82) is 0 Å². The average molecular weight is 344 g/mol. The normalized spacial score (nSPS) is 23.7. The van der Waals surface area contributed by atoms with Gasteiger partial charge in [0.05, 0.1) is 12.1 Å². The van der Waals surface area contributed by atoms with Crippen molar-refractivity contribution in [2.75, 3.05) is 6.54 Å². The van der Waals surface area contributed by atoms with E-state index in [4.69, 9.17) is 0 Å². The predicted octanol–water partition coefficient (Wildman–Crippen LogP) is 1.36. The first-order chi connectivity index (χ1) is 11.9. The Labute approximate surface area is 147 Å². The van der Waals surface area contributed by atoms with Crippen molar-refractivity contribution in [2.24, 2.45) is 0 Å². The van der Waals surface area contributed by atoms with Crippen LogP contribution in [0.3, 0.4) is 0 Å². The topological polar surface area (TPSA) is 77.9 Å². The summed E-state index contributed by atoms with van der Waals surface area (Å²) in [5, 5.41) is 9.95. The minimum Gasteiger partial charge on any atom is -0.391 e. The van der Waals surface area contributed by atoms with Gasteiger partial charge in [-0.25, -0.2) is 0 Å². The smallest absolute Gasteiger partial charge is 0.255 e. The molecule has 2 aliphatic heterocycles. The molecule has 2 heterocycles. The molecular weight excluding hydrogens is 320 g/mol. The molecule has 6 nitrogen and oxygen atoms in total. The lowest BCUT2D eigenvalue weighted by Crippen LogP contribution is -2.50. The number of ketones is 1. The maximum absolute atomic E-state index is 13.0. The first-order valence-corrected chi connectivity index (χ1v) is 8.84. The quantitative estimate of drug-likeness (QED) is 0.875. The Kier molecular flexibility index (Phi) is 4.90. The van der Waals surface area contributed by atoms with Gasteiger partial charge in [0.1, 0.15) is 6.04 Å². The van der Waals surface area contributed by atoms with Crippen molar-refractivity contribution < 1.29 is 19.5 Å². The zero-order valence-corrected chi connectivity index (χ0v) is 14.6. The summed E-state index contributed by atoms with van der Waals surface area (Å²) in [7, 11) is 0. The summed E-state index contributed by atoms with van der Waals surface area (Å²) in [5.41, 5.74) is 1.54. The molecular formula is C19H24N2O4. The number of hydrogen-bond acceptors (Lipinski definition) is 4. The first-order valence-electron chi connectivity index (χ1n) is 8.84. The molecule has 0 aliphatic carbocycles. The van der Waals surface area contributed by atoms with Crippen molar-refractivity contribution in [2.45, 2.75) is 57.8 Å². The lowest BCUT2D eigenvalue weighted by atomic mass is 10.0. The maximum Gasteiger partial charge on any atom is 0.255 e. The van der Waals surface area contributed by atoms with E-state index in [9.17, 15) is 19.5 Å². The van der Waals surface area contributed by atoms with Crippen LogP contribution in [0.5, 0.6) is 0 Å². The van der Waals surface area contributed by atoms with Crippen LogP contribution in [0.1, 0.15) is 49.0 Å². The van der Waals surface area contributed by atoms with Gasteiger partial charge < -0.3 is 14.9 Å². The molecule has 0 saturated carbocycles. The van der Waals surface area contributed by atoms with Crippen LogP contribution in [-0.4, -0.2) is 57.2 Å². The number of aliphatic hydroxyl groups is 1. The molecule has 1 aromatic rings. The Hall–Kier alpha value is -2.21. The van der Waals surface area contributed by atoms with E-state index in [1.807, 2.05) is 25.1 Å². The second kappa shape index (κ2) is 6.96. The molecule has 1 aromatic carbocycles. The van der Waals surface area contributed by atoms with Crippen molar-refractivity contribution in [1.82, 2.24) is 9.80 Å². The number of amides is 2. The van der Waals surface area contributed by atoms with E-state index in [1.54, 1.807) is 17.9 Å². The van der Waals surface area contributed by atoms with Gasteiger partial charge in [-0.2, -0.15) is 0 Å². The van der Waals surface area contributed by atoms with Gasteiger partial charge in [-0.15, -0.1) is 0 Å². The van der Waals surface area contributed by atoms with Gasteiger partial charge in [0.25, 0.3) is 5.91 Å². The van der Waals surface area contributed by atoms with Gasteiger partial charge in [-0.3, -0.25) is 14.4 Å². The third-order valence-corrected chi connectivity index (χ3v) is 5.10. The summed E-state index contributed by atoms with van der Waals surface area (Å²) in [4.78, 5) is 40.9. The lowest BCUT2D eigenvalue weighted by Gasteiger charge is -2.30. The van der Waals surface area contributed by atoms with Gasteiger partial charge in [0, 0.05) is 31.5 Å². The van der Waals surface area contributed by atoms with Gasteiger partial charge in [0.15, 0.2) is 5.78 Å². The van der Waals surface area contributed by atoms with E-state index in [-0.39, 0.29) is 30.6 Å². The molecule has 2 amide bonds. The van der Waals surface area contributed by atoms with Crippen molar-refractivity contribution in [3.8, 4) is 0 Å². The number of fused-ring (bicyclic) bond motifs is 1. The van der Waals surface area contributed by atoms with Crippen LogP contribution in [0.25, 0.3) is 0 Å². The Morgan fingerprint density at radius 1 is 1.32 bits per heavy atom. The standard InChI is InChI=1S/C19H24N2O4/c1-3-6-17(23)16-9-14(22)11-21(16)18(24)12(2)20-10-13-7-4-5-8-15(13)19(20)25/h4-5,7-8,12,14,16,22H,3,6,9-11H2,1-2H3/t12-,14+,16-/m0/s1. The highest BCUT2D eigenvalue weighted by molar-refractivity contribution is 6.01. The van der Waals surface area contributed by atoms with Crippen LogP contribution in [-0.2, 0) is 16.1 Å². The minimum absolute atomic E-state index is 0.0179. The molecule has 6 heteroatoms. The van der Waals surface area contributed by atoms with Crippen LogP contribution in [0, 0.1) is 0 Å². The first kappa shape index (κ1) is 17.6. The Balaban J connectivity index is 1.76. The van der Waals surface area contributed by atoms with Gasteiger partial charge in [-0.05, 0) is 25.0 Å². The second-order valence-electron chi connectivity index (χ2n) is 6.88. The lowest BCUT2D eigenvalue weighted by molar-refractivity contribution is -0.141. The molecule has 1 saturated heterocycles. The maximum atomic E-state index is 13.0. The van der Waals surface area contributed by atoms with Crippen molar-refractivity contribution in [3.05, 3.63) is 35.4 Å². The van der Waals surface area contributed by atoms with E-state index in [0.29, 0.717) is 24.9 Å². The highest BCUT2D eigenvalue weighted by atomic mass is 16.3. The van der Waals surface area contributed by atoms with Crippen molar-refractivity contribution >= 4 is 17.6 Å². The minimum atomic E-state index is -0.687. The number of aliphatic hydroxyl groups excluding tert-OH is 1. The summed E-state index contributed by atoms with van der Waals surface area (Å²) in [6, 6.07) is 6.09. The average Bonchev–Trinajstić information content (AvgIpc) is 3.15. The largest absolute Gasteiger partial charge is 0.391 e. The summed E-state index contributed by atoms with van der Waals surface area (Å²) in [6.45, 7) is 4.15. The Bertz CT molecular complexity index is 702. The number of rotatable bonds is 5. The zero-order valence-electron chi connectivity index (χ0n) is 14.6. The van der Waals surface area contributed by atoms with Crippen LogP contribution in [0.2, 0.25) is 0 Å². The molecule has 0 bridgehead atoms. The summed E-state index contributed by atoms with van der Waals surface area (Å²) in [6.07, 6.45) is 0.700. The molecule has 0 unspecified atom stereocenters. The third kappa shape index (κ3) is 3.18. The zero-order chi connectivity index (χ0) is 18.1. The van der Waals surface area contributed by atoms with Crippen LogP contribution < -0.4 is 0 Å². The van der Waals surface area contributed by atoms with Gasteiger partial charge >= 0.3 is 0 Å². The number of Topliss-reactive ketones (excluding diaryl/α,β-unsaturated/α-hetero) is 1. The highest BCUT2D eigenvalue weighted by Crippen LogP contribution is 2.27. The molecule has 134 valence electrons. The second-order valence-corrected chi connectivity index (χ2v) is 6.88. The molecule has 1 fully saturated rings. The van der Waals surface area contributed by atoms with E-state index in [2.05, 4.69) is 0 Å². The molecule has 0 radical (unpaired) electrons. The number of nitrogens with zero attached hydrogens (tertiary/aromatic N) is 2. The summed E-state index contributed by atoms with van der Waals surface area (Å²) in [5.74, 6) is -0.449. The number of hydrogen-bond donors (Lipinski definition) is 1. The number of β-amino-alcohol motifs (C(OH)–C–C–N with tert-alkyl or cyclic N) is 1. The third-order valence-electron chi connectivity index (χ3n) is 5.10. The van der Waals surface area contributed by atoms with E-state index in [0.717, 1.165) is 5.56 Å². The molecule has 25 heavy (non-hydrogen) atoms. The summed E-state index contributed by atoms with van der Waals surface area (Å²) >= 11 is 0. The Morgan fingerprint density at radius 2 is 2.04 bits per heavy atom. The molecule has 3 atom stereocenters. The Morgan fingerprint density at radius 3 is 2.72 bits per heavy atom. The highest BCUT2D eigenvalue weighted by Gasteiger charge is 2.42. The predicted molar refractivity (Wildman–Crippen MR) is 91.8 cm³/mol. The fourth-order valence-electron chi connectivity index (χ4n) is 3.74. The van der Waals surface area contributed by atoms with E-state index >= 15 is 0 Å². The number of likely N-dealkylation sites (tertiary alicyclic amines) is 1. The molecule has 3 rings (SSSR count). The molecule has 2 aliphatic rings. The SMILES string of the molecule is CCCC(=O)[C@@H]1C[C@@H](O)CN1C(=O)[C@H](C)N1Cc2ccccc2C1=O. The van der Waals surface area contributed by atoms with Crippen molar-refractivity contribution in [3.63, 3.8) is 0 Å². The van der Waals surface area contributed by atoms with Crippen LogP contribution in [0.15, 0.2) is 24.3 Å². The molecule has 1 N–H and O–H groups in total. The molecule has 0 aromatic heterocycles. The monoisotopic (exact) mass is 344 g/mol. The number of carbonyl (C=O) groups is 3. The van der Waals surface area contributed by atoms with E-state index < -0.39 is 18.2 Å². The fourth-order valence-corrected chi connectivity index (χ4v) is 3.74. The summed E-state index contributed by atoms with van der Waals surface area (Å²) < 4.78 is 0. The number of carbonyl (C=O) groups excluding carboxylic acids is 3. The van der Waals surface area contributed by atoms with Gasteiger partial charge in [-0.1, -0.05) is 25.1 Å². The number of benzene rings is 1. The van der Waals surface area contributed by atoms with Gasteiger partial charge in [0.2, 0.25) is 5.91 Å².